The molecule has 0 unspecified atom stereocenters. The first kappa shape index (κ1) is 20.2. The van der Waals surface area contributed by atoms with Crippen molar-refractivity contribution in [3.8, 4) is 17.5 Å². The number of fused-ring (bicyclic) bond motifs is 2. The van der Waals surface area contributed by atoms with Crippen molar-refractivity contribution in [1.82, 2.24) is 18.7 Å². The Bertz CT molecular complexity index is 1450. The van der Waals surface area contributed by atoms with Gasteiger partial charge in [0.1, 0.15) is 6.61 Å². The minimum Gasteiger partial charge on any atom is -0.460 e. The number of ether oxygens (including phenoxy) is 3. The number of hydrogen-bond acceptors (Lipinski definition) is 6. The largest absolute Gasteiger partial charge is 0.460 e. The molecule has 9 nitrogen and oxygen atoms in total. The van der Waals surface area contributed by atoms with E-state index >= 15 is 0 Å². The third-order valence-corrected chi connectivity index (χ3v) is 5.62. The molecule has 1 aliphatic rings. The molecule has 5 rings (SSSR count). The van der Waals surface area contributed by atoms with Crippen LogP contribution in [0.1, 0.15) is 11.1 Å². The first-order valence-corrected chi connectivity index (χ1v) is 10.2. The number of benzene rings is 2. The molecule has 2 aromatic carbocycles. The lowest BCUT2D eigenvalue weighted by Crippen LogP contribution is -2.37. The molecular formula is C22H19ClN4O5. The Balaban J connectivity index is 1.58. The zero-order valence-electron chi connectivity index (χ0n) is 17.4. The van der Waals surface area contributed by atoms with Crippen LogP contribution in [0.3, 0.4) is 0 Å². The van der Waals surface area contributed by atoms with Crippen molar-refractivity contribution in [2.75, 3.05) is 6.79 Å². The number of aromatic nitrogens is 4. The van der Waals surface area contributed by atoms with Gasteiger partial charge in [-0.15, -0.1) is 0 Å². The normalized spacial score (nSPS) is 12.5. The molecular weight excluding hydrogens is 436 g/mol. The summed E-state index contributed by atoms with van der Waals surface area (Å²) in [7, 11) is 3.02. The molecule has 0 radical (unpaired) electrons. The lowest BCUT2D eigenvalue weighted by atomic mass is 10.2. The fourth-order valence-electron chi connectivity index (χ4n) is 3.63. The van der Waals surface area contributed by atoms with Crippen molar-refractivity contribution < 1.29 is 14.2 Å². The number of nitrogens with zero attached hydrogens (tertiary/aromatic N) is 4. The van der Waals surface area contributed by atoms with Crippen LogP contribution in [0.4, 0.5) is 0 Å². The summed E-state index contributed by atoms with van der Waals surface area (Å²) in [6, 6.07) is 13.0. The van der Waals surface area contributed by atoms with E-state index in [-0.39, 0.29) is 30.6 Å². The van der Waals surface area contributed by atoms with Crippen LogP contribution < -0.4 is 25.5 Å². The summed E-state index contributed by atoms with van der Waals surface area (Å²) in [5.41, 5.74) is 1.39. The quantitative estimate of drug-likeness (QED) is 0.460. The van der Waals surface area contributed by atoms with Gasteiger partial charge < -0.3 is 14.2 Å². The molecule has 3 heterocycles. The Hall–Kier alpha value is -3.72. The summed E-state index contributed by atoms with van der Waals surface area (Å²) in [5, 5.41) is 0.613. The van der Waals surface area contributed by atoms with Gasteiger partial charge >= 0.3 is 5.69 Å². The Morgan fingerprint density at radius 2 is 1.72 bits per heavy atom. The highest BCUT2D eigenvalue weighted by atomic mass is 35.5. The molecule has 0 aliphatic carbocycles. The van der Waals surface area contributed by atoms with Crippen LogP contribution in [-0.2, 0) is 27.2 Å². The summed E-state index contributed by atoms with van der Waals surface area (Å²) < 4.78 is 20.8. The summed E-state index contributed by atoms with van der Waals surface area (Å²) in [6.07, 6.45) is 0. The van der Waals surface area contributed by atoms with E-state index in [0.29, 0.717) is 23.1 Å². The van der Waals surface area contributed by atoms with Gasteiger partial charge in [-0.3, -0.25) is 18.5 Å². The van der Waals surface area contributed by atoms with Crippen molar-refractivity contribution in [1.29, 1.82) is 0 Å². The zero-order chi connectivity index (χ0) is 22.4. The topological polar surface area (TPSA) is 89.5 Å². The fourth-order valence-corrected chi connectivity index (χ4v) is 3.76. The van der Waals surface area contributed by atoms with E-state index in [9.17, 15) is 9.59 Å². The molecule has 10 heteroatoms. The molecule has 0 saturated carbocycles. The van der Waals surface area contributed by atoms with Crippen LogP contribution in [0.5, 0.6) is 17.5 Å². The average molecular weight is 455 g/mol. The highest BCUT2D eigenvalue weighted by molar-refractivity contribution is 6.30. The van der Waals surface area contributed by atoms with E-state index in [1.807, 2.05) is 30.3 Å². The summed E-state index contributed by atoms with van der Waals surface area (Å²) >= 11 is 6.01. The number of rotatable bonds is 5. The Morgan fingerprint density at radius 3 is 2.50 bits per heavy atom. The van der Waals surface area contributed by atoms with Gasteiger partial charge in [0.25, 0.3) is 11.6 Å². The molecule has 0 saturated heterocycles. The van der Waals surface area contributed by atoms with Crippen LogP contribution in [0.2, 0.25) is 5.02 Å². The molecule has 0 atom stereocenters. The predicted molar refractivity (Wildman–Crippen MR) is 118 cm³/mol. The van der Waals surface area contributed by atoms with Gasteiger partial charge in [0.15, 0.2) is 22.7 Å². The Kier molecular flexibility index (Phi) is 4.90. The van der Waals surface area contributed by atoms with Crippen LogP contribution in [0.25, 0.3) is 11.2 Å². The zero-order valence-corrected chi connectivity index (χ0v) is 18.1. The average Bonchev–Trinajstić information content (AvgIpc) is 3.40. The molecule has 2 aromatic heterocycles. The van der Waals surface area contributed by atoms with Gasteiger partial charge in [0.05, 0.1) is 6.54 Å². The lowest BCUT2D eigenvalue weighted by Gasteiger charge is -2.11. The molecule has 0 amide bonds. The molecule has 164 valence electrons. The maximum absolute atomic E-state index is 13.0. The number of halogens is 1. The maximum Gasteiger partial charge on any atom is 0.332 e. The van der Waals surface area contributed by atoms with E-state index in [4.69, 9.17) is 25.8 Å². The number of imidazole rings is 1. The number of aryl methyl sites for hydroxylation is 1. The second-order valence-electron chi connectivity index (χ2n) is 7.46. The Morgan fingerprint density at radius 1 is 1.00 bits per heavy atom. The van der Waals surface area contributed by atoms with E-state index in [1.54, 1.807) is 23.7 Å². The van der Waals surface area contributed by atoms with Crippen molar-refractivity contribution in [2.45, 2.75) is 13.2 Å². The van der Waals surface area contributed by atoms with Crippen LogP contribution in [0, 0.1) is 0 Å². The minimum absolute atomic E-state index is 0.188. The van der Waals surface area contributed by atoms with Crippen LogP contribution >= 0.6 is 11.6 Å². The van der Waals surface area contributed by atoms with E-state index in [2.05, 4.69) is 4.98 Å². The van der Waals surface area contributed by atoms with Gasteiger partial charge in [-0.05, 0) is 35.4 Å². The van der Waals surface area contributed by atoms with Gasteiger partial charge in [-0.2, -0.15) is 4.98 Å². The maximum atomic E-state index is 13.0. The van der Waals surface area contributed by atoms with Gasteiger partial charge in [0.2, 0.25) is 6.79 Å². The van der Waals surface area contributed by atoms with Crippen molar-refractivity contribution in [3.63, 3.8) is 0 Å². The van der Waals surface area contributed by atoms with Crippen molar-refractivity contribution in [2.24, 2.45) is 14.1 Å². The smallest absolute Gasteiger partial charge is 0.332 e. The third-order valence-electron chi connectivity index (χ3n) is 5.37. The molecule has 32 heavy (non-hydrogen) atoms. The van der Waals surface area contributed by atoms with Crippen LogP contribution in [-0.4, -0.2) is 25.5 Å². The first-order valence-electron chi connectivity index (χ1n) is 9.84. The van der Waals surface area contributed by atoms with Crippen molar-refractivity contribution in [3.05, 3.63) is 79.5 Å². The fraction of sp³-hybridized carbons (Fsp3) is 0.227. The van der Waals surface area contributed by atoms with Gasteiger partial charge in [0, 0.05) is 19.1 Å². The molecule has 0 bridgehead atoms. The lowest BCUT2D eigenvalue weighted by molar-refractivity contribution is 0.174. The third kappa shape index (κ3) is 3.40. The first-order chi connectivity index (χ1) is 15.4. The summed E-state index contributed by atoms with van der Waals surface area (Å²) in [4.78, 5) is 29.9. The van der Waals surface area contributed by atoms with Crippen molar-refractivity contribution >= 4 is 22.8 Å². The monoisotopic (exact) mass is 454 g/mol. The van der Waals surface area contributed by atoms with Crippen LogP contribution in [0.15, 0.2) is 52.1 Å². The minimum atomic E-state index is -0.457. The van der Waals surface area contributed by atoms with E-state index in [0.717, 1.165) is 15.7 Å². The molecule has 0 spiro atoms. The molecule has 0 fully saturated rings. The SMILES string of the molecule is Cn1c(=O)c2c(nc(OCc3ccc4c(c3)OCO4)n2Cc2ccc(Cl)cc2)n(C)c1=O. The highest BCUT2D eigenvalue weighted by Crippen LogP contribution is 2.33. The number of hydrogen-bond donors (Lipinski definition) is 0. The van der Waals surface area contributed by atoms with Gasteiger partial charge in [-0.1, -0.05) is 29.8 Å². The van der Waals surface area contributed by atoms with E-state index < -0.39 is 11.2 Å². The summed E-state index contributed by atoms with van der Waals surface area (Å²) in [6.45, 7) is 0.695. The standard InChI is InChI=1S/C22H19ClN4O5/c1-25-19-18(20(28)26(2)22(25)29)27(10-13-3-6-15(23)7-4-13)21(24-19)30-11-14-5-8-16-17(9-14)32-12-31-16/h3-9H,10-12H2,1-2H3. The second-order valence-corrected chi connectivity index (χ2v) is 7.90. The Labute approximate surface area is 187 Å². The molecule has 1 aliphatic heterocycles. The summed E-state index contributed by atoms with van der Waals surface area (Å²) in [5.74, 6) is 1.33. The predicted octanol–water partition coefficient (Wildman–Crippen LogP) is 2.44. The van der Waals surface area contributed by atoms with Gasteiger partial charge in [-0.25, -0.2) is 4.79 Å². The van der Waals surface area contributed by atoms with E-state index in [1.165, 1.54) is 11.6 Å². The second kappa shape index (κ2) is 7.76. The molecule has 0 N–H and O–H groups in total. The highest BCUT2D eigenvalue weighted by Gasteiger charge is 2.21. The molecule has 4 aromatic rings.